The molecule has 0 saturated carbocycles. The molecule has 1 aromatic carbocycles. The Kier molecular flexibility index (Phi) is 3.46. The predicted molar refractivity (Wildman–Crippen MR) is 75.9 cm³/mol. The molecular weight excluding hydrogens is 246 g/mol. The number of rotatable bonds is 1. The number of nitrogens with two attached hydrogens (primary N) is 1. The van der Waals surface area contributed by atoms with Crippen LogP contribution in [0.3, 0.4) is 0 Å². The van der Waals surface area contributed by atoms with Crippen LogP contribution in [0, 0.1) is 0 Å². The van der Waals surface area contributed by atoms with E-state index in [4.69, 9.17) is 17.3 Å². The monoisotopic (exact) mass is 265 g/mol. The number of aryl methyl sites for hydroxylation is 1. The minimum absolute atomic E-state index is 0.309. The van der Waals surface area contributed by atoms with Gasteiger partial charge in [-0.1, -0.05) is 17.7 Å². The van der Waals surface area contributed by atoms with Crippen LogP contribution in [-0.2, 0) is 6.42 Å². The molecule has 0 amide bonds. The maximum Gasteiger partial charge on any atom is 0.0568 e. The number of hydrazine groups is 1. The summed E-state index contributed by atoms with van der Waals surface area (Å²) < 4.78 is 0. The van der Waals surface area contributed by atoms with Gasteiger partial charge in [0.2, 0.25) is 0 Å². The minimum Gasteiger partial charge on any atom is -0.326 e. The average molecular weight is 266 g/mol. The van der Waals surface area contributed by atoms with Crippen molar-refractivity contribution in [3.05, 3.63) is 28.8 Å². The lowest BCUT2D eigenvalue weighted by atomic mass is 10.0. The van der Waals surface area contributed by atoms with Crippen molar-refractivity contribution >= 4 is 17.3 Å². The molecule has 0 bridgehead atoms. The van der Waals surface area contributed by atoms with Gasteiger partial charge in [0.05, 0.1) is 5.69 Å². The Labute approximate surface area is 113 Å². The first-order chi connectivity index (χ1) is 8.74. The average Bonchev–Trinajstić information content (AvgIpc) is 2.38. The number of hydrogen-bond acceptors (Lipinski definition) is 3. The van der Waals surface area contributed by atoms with Crippen molar-refractivity contribution in [2.75, 3.05) is 24.6 Å². The molecule has 2 heterocycles. The van der Waals surface area contributed by atoms with Gasteiger partial charge in [-0.15, -0.1) is 0 Å². The summed E-state index contributed by atoms with van der Waals surface area (Å²) >= 11 is 6.14. The fourth-order valence-corrected chi connectivity index (χ4v) is 3.20. The van der Waals surface area contributed by atoms with Crippen LogP contribution in [0.4, 0.5) is 5.69 Å². The number of benzene rings is 1. The Bertz CT molecular complexity index is 435. The number of halogens is 1. The van der Waals surface area contributed by atoms with Crippen molar-refractivity contribution in [1.29, 1.82) is 0 Å². The molecule has 0 radical (unpaired) electrons. The van der Waals surface area contributed by atoms with Crippen LogP contribution >= 0.6 is 11.6 Å². The fraction of sp³-hybridized carbons (Fsp3) is 0.571. The normalized spacial score (nSPS) is 25.0. The lowest BCUT2D eigenvalue weighted by Crippen LogP contribution is -2.53. The summed E-state index contributed by atoms with van der Waals surface area (Å²) in [5.74, 6) is 0. The minimum atomic E-state index is 0.309. The second-order valence-electron chi connectivity index (χ2n) is 5.31. The highest BCUT2D eigenvalue weighted by Gasteiger charge is 2.26. The van der Waals surface area contributed by atoms with E-state index >= 15 is 0 Å². The zero-order valence-corrected chi connectivity index (χ0v) is 11.4. The van der Waals surface area contributed by atoms with E-state index in [0.29, 0.717) is 6.04 Å². The van der Waals surface area contributed by atoms with Crippen molar-refractivity contribution in [1.82, 2.24) is 5.01 Å². The maximum absolute atomic E-state index is 6.14. The number of hydrogen-bond donors (Lipinski definition) is 1. The molecule has 2 N–H and O–H groups in total. The zero-order valence-electron chi connectivity index (χ0n) is 10.6. The zero-order chi connectivity index (χ0) is 12.5. The van der Waals surface area contributed by atoms with Crippen LogP contribution in [0.1, 0.15) is 24.8 Å². The van der Waals surface area contributed by atoms with E-state index < -0.39 is 0 Å². The molecule has 0 aliphatic carbocycles. The Balaban J connectivity index is 1.88. The standard InChI is InChI=1S/C14H20ClN3/c15-12-6-5-11-3-1-8-18(14(11)9-12)17-7-2-4-13(16)10-17/h5-6,9,13H,1-4,7-8,10,16H2. The molecule has 3 rings (SSSR count). The van der Waals surface area contributed by atoms with Crippen LogP contribution in [0.15, 0.2) is 18.2 Å². The van der Waals surface area contributed by atoms with Gasteiger partial charge in [-0.2, -0.15) is 0 Å². The first-order valence-corrected chi connectivity index (χ1v) is 7.18. The van der Waals surface area contributed by atoms with Gasteiger partial charge in [0.1, 0.15) is 0 Å². The van der Waals surface area contributed by atoms with E-state index in [1.165, 1.54) is 24.1 Å². The van der Waals surface area contributed by atoms with E-state index in [9.17, 15) is 0 Å². The van der Waals surface area contributed by atoms with Gasteiger partial charge >= 0.3 is 0 Å². The summed E-state index contributed by atoms with van der Waals surface area (Å²) in [7, 11) is 0. The summed E-state index contributed by atoms with van der Waals surface area (Å²) in [6.07, 6.45) is 4.70. The van der Waals surface area contributed by atoms with Crippen molar-refractivity contribution in [3.63, 3.8) is 0 Å². The molecule has 0 aromatic heterocycles. The van der Waals surface area contributed by atoms with E-state index in [2.05, 4.69) is 22.2 Å². The third-order valence-corrected chi connectivity index (χ3v) is 4.15. The van der Waals surface area contributed by atoms with Crippen molar-refractivity contribution in [2.24, 2.45) is 5.73 Å². The van der Waals surface area contributed by atoms with Crippen molar-refractivity contribution in [2.45, 2.75) is 31.7 Å². The summed E-state index contributed by atoms with van der Waals surface area (Å²) in [6, 6.07) is 6.55. The highest BCUT2D eigenvalue weighted by Crippen LogP contribution is 2.31. The number of piperidine rings is 1. The van der Waals surface area contributed by atoms with Crippen LogP contribution in [0.5, 0.6) is 0 Å². The molecule has 1 aromatic rings. The first-order valence-electron chi connectivity index (χ1n) is 6.80. The van der Waals surface area contributed by atoms with Gasteiger partial charge < -0.3 is 10.7 Å². The number of fused-ring (bicyclic) bond motifs is 1. The summed E-state index contributed by atoms with van der Waals surface area (Å²) in [6.45, 7) is 3.16. The summed E-state index contributed by atoms with van der Waals surface area (Å²) in [5.41, 5.74) is 8.77. The summed E-state index contributed by atoms with van der Waals surface area (Å²) in [4.78, 5) is 0. The van der Waals surface area contributed by atoms with Crippen LogP contribution < -0.4 is 10.7 Å². The molecular formula is C14H20ClN3. The molecule has 1 saturated heterocycles. The topological polar surface area (TPSA) is 32.5 Å². The molecule has 1 fully saturated rings. The van der Waals surface area contributed by atoms with Gasteiger partial charge in [0.15, 0.2) is 0 Å². The lowest BCUT2D eigenvalue weighted by Gasteiger charge is -2.43. The van der Waals surface area contributed by atoms with Crippen LogP contribution in [0.25, 0.3) is 0 Å². The number of nitrogens with zero attached hydrogens (tertiary/aromatic N) is 2. The third kappa shape index (κ3) is 2.35. The maximum atomic E-state index is 6.14. The van der Waals surface area contributed by atoms with Gasteiger partial charge in [0, 0.05) is 30.7 Å². The molecule has 4 heteroatoms. The molecule has 3 nitrogen and oxygen atoms in total. The highest BCUT2D eigenvalue weighted by atomic mass is 35.5. The van der Waals surface area contributed by atoms with Crippen LogP contribution in [0.2, 0.25) is 5.02 Å². The predicted octanol–water partition coefficient (Wildman–Crippen LogP) is 2.43. The smallest absolute Gasteiger partial charge is 0.0568 e. The Morgan fingerprint density at radius 1 is 1.22 bits per heavy atom. The summed E-state index contributed by atoms with van der Waals surface area (Å²) in [5, 5.41) is 5.62. The lowest BCUT2D eigenvalue weighted by molar-refractivity contribution is 0.186. The second kappa shape index (κ2) is 5.08. The molecule has 1 unspecified atom stereocenters. The largest absolute Gasteiger partial charge is 0.326 e. The second-order valence-corrected chi connectivity index (χ2v) is 5.75. The van der Waals surface area contributed by atoms with E-state index in [-0.39, 0.29) is 0 Å². The fourth-order valence-electron chi connectivity index (χ4n) is 3.03. The van der Waals surface area contributed by atoms with Crippen molar-refractivity contribution < 1.29 is 0 Å². The van der Waals surface area contributed by atoms with E-state index in [1.807, 2.05) is 6.07 Å². The van der Waals surface area contributed by atoms with Gasteiger partial charge in [0.25, 0.3) is 0 Å². The van der Waals surface area contributed by atoms with Gasteiger partial charge in [-0.05, 0) is 43.4 Å². The SMILES string of the molecule is NC1CCCN(N2CCCc3ccc(Cl)cc32)C1. The highest BCUT2D eigenvalue weighted by molar-refractivity contribution is 6.30. The molecule has 98 valence electrons. The van der Waals surface area contributed by atoms with Crippen LogP contribution in [-0.4, -0.2) is 30.7 Å². The Morgan fingerprint density at radius 2 is 2.11 bits per heavy atom. The molecule has 2 aliphatic heterocycles. The number of anilines is 1. The van der Waals surface area contributed by atoms with Gasteiger partial charge in [-0.25, -0.2) is 5.01 Å². The molecule has 2 aliphatic rings. The quantitative estimate of drug-likeness (QED) is 0.847. The third-order valence-electron chi connectivity index (χ3n) is 3.92. The van der Waals surface area contributed by atoms with E-state index in [1.54, 1.807) is 0 Å². The van der Waals surface area contributed by atoms with E-state index in [0.717, 1.165) is 37.5 Å². The van der Waals surface area contributed by atoms with Gasteiger partial charge in [-0.3, -0.25) is 0 Å². The first kappa shape index (κ1) is 12.3. The Morgan fingerprint density at radius 3 is 2.94 bits per heavy atom. The molecule has 1 atom stereocenters. The molecule has 0 spiro atoms. The van der Waals surface area contributed by atoms with Crippen molar-refractivity contribution in [3.8, 4) is 0 Å². The Hall–Kier alpha value is -0.770. The molecule has 18 heavy (non-hydrogen) atoms.